The first-order valence-corrected chi connectivity index (χ1v) is 6.76. The second-order valence-electron chi connectivity index (χ2n) is 3.77. The topological polar surface area (TPSA) is 72.2 Å². The predicted octanol–water partition coefficient (Wildman–Crippen LogP) is 3.15. The average Bonchev–Trinajstić information content (AvgIpc) is 2.28. The maximum absolute atomic E-state index is 11.9. The molecule has 1 N–H and O–H groups in total. The van der Waals surface area contributed by atoms with Gasteiger partial charge in [-0.15, -0.1) is 0 Å². The van der Waals surface area contributed by atoms with Gasteiger partial charge in [0.15, 0.2) is 0 Å². The van der Waals surface area contributed by atoms with Crippen molar-refractivity contribution in [2.45, 2.75) is 19.4 Å². The molecule has 0 saturated heterocycles. The van der Waals surface area contributed by atoms with Gasteiger partial charge in [0.2, 0.25) is 0 Å². The zero-order valence-corrected chi connectivity index (χ0v) is 12.0. The van der Waals surface area contributed by atoms with Crippen LogP contribution in [0.5, 0.6) is 0 Å². The molecule has 0 spiro atoms. The van der Waals surface area contributed by atoms with Crippen LogP contribution in [0.4, 0.5) is 5.69 Å². The van der Waals surface area contributed by atoms with Crippen LogP contribution in [-0.2, 0) is 0 Å². The molecule has 1 amide bonds. The Labute approximate surface area is 118 Å². The number of nitrogens with one attached hydrogen (secondary N) is 1. The van der Waals surface area contributed by atoms with E-state index in [1.165, 1.54) is 18.2 Å². The summed E-state index contributed by atoms with van der Waals surface area (Å²) in [5.41, 5.74) is -0.267. The monoisotopic (exact) mass is 334 g/mol. The Hall–Kier alpha value is -1.14. The molecule has 98 valence electrons. The highest BCUT2D eigenvalue weighted by Gasteiger charge is 2.21. The van der Waals surface area contributed by atoms with E-state index in [9.17, 15) is 14.9 Å². The molecule has 0 fully saturated rings. The van der Waals surface area contributed by atoms with Crippen LogP contribution in [0.1, 0.15) is 23.7 Å². The van der Waals surface area contributed by atoms with E-state index in [2.05, 4.69) is 21.2 Å². The van der Waals surface area contributed by atoms with Gasteiger partial charge in [0.25, 0.3) is 11.6 Å². The van der Waals surface area contributed by atoms with E-state index >= 15 is 0 Å². The number of halogens is 2. The molecule has 18 heavy (non-hydrogen) atoms. The lowest BCUT2D eigenvalue weighted by Gasteiger charge is -2.12. The van der Waals surface area contributed by atoms with E-state index in [-0.39, 0.29) is 22.3 Å². The zero-order valence-electron chi connectivity index (χ0n) is 9.65. The maximum Gasteiger partial charge on any atom is 0.283 e. The van der Waals surface area contributed by atoms with E-state index < -0.39 is 10.8 Å². The molecule has 1 aromatic carbocycles. The highest BCUT2D eigenvalue weighted by Crippen LogP contribution is 2.23. The quantitative estimate of drug-likeness (QED) is 0.510. The number of alkyl halides is 1. The van der Waals surface area contributed by atoms with Gasteiger partial charge in [0.05, 0.1) is 4.92 Å². The lowest BCUT2D eigenvalue weighted by atomic mass is 10.1. The molecule has 5 nitrogen and oxygen atoms in total. The van der Waals surface area contributed by atoms with Gasteiger partial charge in [0.1, 0.15) is 5.56 Å². The molecule has 0 aliphatic heterocycles. The van der Waals surface area contributed by atoms with E-state index in [1.54, 1.807) is 0 Å². The van der Waals surface area contributed by atoms with Crippen LogP contribution in [-0.4, -0.2) is 22.2 Å². The third-order valence-electron chi connectivity index (χ3n) is 2.32. The predicted molar refractivity (Wildman–Crippen MR) is 73.4 cm³/mol. The summed E-state index contributed by atoms with van der Waals surface area (Å²) in [6, 6.07) is 3.92. The number of rotatable bonds is 5. The summed E-state index contributed by atoms with van der Waals surface area (Å²) >= 11 is 8.95. The molecule has 0 heterocycles. The highest BCUT2D eigenvalue weighted by molar-refractivity contribution is 9.09. The number of benzene rings is 1. The molecule has 0 bridgehead atoms. The van der Waals surface area contributed by atoms with Crippen LogP contribution in [0, 0.1) is 10.1 Å². The molecule has 1 unspecified atom stereocenters. The minimum Gasteiger partial charge on any atom is -0.349 e. The summed E-state index contributed by atoms with van der Waals surface area (Å²) in [6.45, 7) is 1.83. The standard InChI is InChI=1S/C11H12BrClN2O3/c1-7(4-5-12)14-11(16)9-3-2-8(13)6-10(9)15(17)18/h2-3,6-7H,4-5H2,1H3,(H,14,16). The van der Waals surface area contributed by atoms with Crippen LogP contribution in [0.3, 0.4) is 0 Å². The zero-order chi connectivity index (χ0) is 13.7. The summed E-state index contributed by atoms with van der Waals surface area (Å²) < 4.78 is 0. The number of nitro groups is 1. The van der Waals surface area contributed by atoms with Gasteiger partial charge >= 0.3 is 0 Å². The number of amides is 1. The molecule has 1 aromatic rings. The van der Waals surface area contributed by atoms with Crippen molar-refractivity contribution in [3.63, 3.8) is 0 Å². The number of nitro benzene ring substituents is 1. The number of hydrogen-bond donors (Lipinski definition) is 1. The molecule has 0 aliphatic rings. The van der Waals surface area contributed by atoms with Crippen molar-refractivity contribution >= 4 is 39.1 Å². The van der Waals surface area contributed by atoms with Crippen molar-refractivity contribution in [1.29, 1.82) is 0 Å². The summed E-state index contributed by atoms with van der Waals surface area (Å²) in [5.74, 6) is -0.466. The van der Waals surface area contributed by atoms with Crippen LogP contribution >= 0.6 is 27.5 Å². The number of carbonyl (C=O) groups excluding carboxylic acids is 1. The van der Waals surface area contributed by atoms with Crippen molar-refractivity contribution in [1.82, 2.24) is 5.32 Å². The highest BCUT2D eigenvalue weighted by atomic mass is 79.9. The first-order chi connectivity index (χ1) is 8.45. The van der Waals surface area contributed by atoms with Crippen LogP contribution < -0.4 is 5.32 Å². The Kier molecular flexibility index (Phi) is 5.55. The van der Waals surface area contributed by atoms with Gasteiger partial charge < -0.3 is 5.32 Å². The van der Waals surface area contributed by atoms with Crippen LogP contribution in [0.2, 0.25) is 5.02 Å². The fraction of sp³-hybridized carbons (Fsp3) is 0.364. The van der Waals surface area contributed by atoms with Gasteiger partial charge in [0, 0.05) is 22.5 Å². The van der Waals surface area contributed by atoms with Crippen molar-refractivity contribution in [2.75, 3.05) is 5.33 Å². The van der Waals surface area contributed by atoms with E-state index in [0.29, 0.717) is 0 Å². The first-order valence-electron chi connectivity index (χ1n) is 5.26. The van der Waals surface area contributed by atoms with Crippen molar-refractivity contribution < 1.29 is 9.72 Å². The summed E-state index contributed by atoms with van der Waals surface area (Å²) in [4.78, 5) is 22.1. The van der Waals surface area contributed by atoms with E-state index in [1.807, 2.05) is 6.92 Å². The van der Waals surface area contributed by atoms with Crippen molar-refractivity contribution in [2.24, 2.45) is 0 Å². The fourth-order valence-corrected chi connectivity index (χ4v) is 2.24. The lowest BCUT2D eigenvalue weighted by molar-refractivity contribution is -0.385. The maximum atomic E-state index is 11.9. The molecule has 0 aliphatic carbocycles. The van der Waals surface area contributed by atoms with Gasteiger partial charge in [-0.25, -0.2) is 0 Å². The molecule has 7 heteroatoms. The van der Waals surface area contributed by atoms with Crippen LogP contribution in [0.25, 0.3) is 0 Å². The fourth-order valence-electron chi connectivity index (χ4n) is 1.39. The van der Waals surface area contributed by atoms with E-state index in [0.717, 1.165) is 11.8 Å². The van der Waals surface area contributed by atoms with Crippen molar-refractivity contribution in [3.8, 4) is 0 Å². The van der Waals surface area contributed by atoms with E-state index in [4.69, 9.17) is 11.6 Å². The third-order valence-corrected chi connectivity index (χ3v) is 3.01. The summed E-state index contributed by atoms with van der Waals surface area (Å²) in [6.07, 6.45) is 0.743. The third kappa shape index (κ3) is 3.96. The largest absolute Gasteiger partial charge is 0.349 e. The SMILES string of the molecule is CC(CCBr)NC(=O)c1ccc(Cl)cc1[N+](=O)[O-]. The van der Waals surface area contributed by atoms with Gasteiger partial charge in [-0.2, -0.15) is 0 Å². The Morgan fingerprint density at radius 2 is 2.28 bits per heavy atom. The molecule has 0 radical (unpaired) electrons. The second-order valence-corrected chi connectivity index (χ2v) is 5.00. The summed E-state index contributed by atoms with van der Waals surface area (Å²) in [7, 11) is 0. The Balaban J connectivity index is 2.95. The van der Waals surface area contributed by atoms with Crippen LogP contribution in [0.15, 0.2) is 18.2 Å². The van der Waals surface area contributed by atoms with Gasteiger partial charge in [-0.1, -0.05) is 27.5 Å². The molecule has 0 saturated carbocycles. The van der Waals surface area contributed by atoms with Gasteiger partial charge in [-0.3, -0.25) is 14.9 Å². The molecule has 1 rings (SSSR count). The molecule has 1 atom stereocenters. The van der Waals surface area contributed by atoms with Crippen molar-refractivity contribution in [3.05, 3.63) is 38.9 Å². The minimum atomic E-state index is -0.615. The Morgan fingerprint density at radius 3 is 2.83 bits per heavy atom. The smallest absolute Gasteiger partial charge is 0.283 e. The second kappa shape index (κ2) is 6.70. The Bertz CT molecular complexity index is 468. The summed E-state index contributed by atoms with van der Waals surface area (Å²) in [5, 5.41) is 14.5. The van der Waals surface area contributed by atoms with Gasteiger partial charge in [-0.05, 0) is 25.5 Å². The molecular formula is C11H12BrClN2O3. The number of nitrogens with zero attached hydrogens (tertiary/aromatic N) is 1. The Morgan fingerprint density at radius 1 is 1.61 bits per heavy atom. The lowest BCUT2D eigenvalue weighted by Crippen LogP contribution is -2.33. The first kappa shape index (κ1) is 14.9. The number of carbonyl (C=O) groups is 1. The average molecular weight is 336 g/mol. The molecule has 0 aromatic heterocycles. The normalized spacial score (nSPS) is 11.9. The minimum absolute atomic E-state index is 0.0193. The molecular weight excluding hydrogens is 323 g/mol. The number of hydrogen-bond acceptors (Lipinski definition) is 3.